The van der Waals surface area contributed by atoms with Gasteiger partial charge >= 0.3 is 5.97 Å². The molecule has 0 radical (unpaired) electrons. The fourth-order valence-corrected chi connectivity index (χ4v) is 1.39. The van der Waals surface area contributed by atoms with Gasteiger partial charge in [-0.25, -0.2) is 4.79 Å². The lowest BCUT2D eigenvalue weighted by atomic mass is 10.1. The van der Waals surface area contributed by atoms with Gasteiger partial charge in [0.2, 0.25) is 0 Å². The van der Waals surface area contributed by atoms with E-state index in [-0.39, 0.29) is 6.42 Å². The highest BCUT2D eigenvalue weighted by atomic mass is 35.5. The number of aliphatic hydroxyl groups is 1. The van der Waals surface area contributed by atoms with E-state index in [2.05, 4.69) is 4.74 Å². The standard InChI is InChI=1S/C11H13ClO3/c1-7-5-8(3-4-9(7)12)6-10(13)11(14)15-2/h3-5,10,13H,6H2,1-2H3. The maximum absolute atomic E-state index is 11.0. The number of rotatable bonds is 3. The van der Waals surface area contributed by atoms with E-state index in [1.165, 1.54) is 7.11 Å². The number of ether oxygens (including phenoxy) is 1. The third-order valence-electron chi connectivity index (χ3n) is 2.12. The molecule has 0 saturated heterocycles. The molecule has 3 nitrogen and oxygen atoms in total. The number of aliphatic hydroxyl groups excluding tert-OH is 1. The van der Waals surface area contributed by atoms with Gasteiger partial charge in [0.15, 0.2) is 6.10 Å². The van der Waals surface area contributed by atoms with Gasteiger partial charge in [0.05, 0.1) is 7.11 Å². The van der Waals surface area contributed by atoms with Crippen LogP contribution < -0.4 is 0 Å². The molecule has 0 aliphatic heterocycles. The molecule has 0 aliphatic carbocycles. The number of benzene rings is 1. The molecule has 0 fully saturated rings. The van der Waals surface area contributed by atoms with Gasteiger partial charge in [0, 0.05) is 11.4 Å². The zero-order chi connectivity index (χ0) is 11.4. The van der Waals surface area contributed by atoms with Gasteiger partial charge in [-0.1, -0.05) is 23.7 Å². The van der Waals surface area contributed by atoms with Crippen molar-refractivity contribution in [3.8, 4) is 0 Å². The summed E-state index contributed by atoms with van der Waals surface area (Å²) in [7, 11) is 1.25. The predicted octanol–water partition coefficient (Wildman–Crippen LogP) is 1.72. The van der Waals surface area contributed by atoms with Crippen LogP contribution in [0, 0.1) is 6.92 Å². The van der Waals surface area contributed by atoms with E-state index in [9.17, 15) is 9.90 Å². The topological polar surface area (TPSA) is 46.5 Å². The number of hydrogen-bond donors (Lipinski definition) is 1. The van der Waals surface area contributed by atoms with Crippen molar-refractivity contribution in [2.24, 2.45) is 0 Å². The molecule has 1 aromatic rings. The Hall–Kier alpha value is -1.06. The summed E-state index contributed by atoms with van der Waals surface area (Å²) < 4.78 is 4.42. The minimum absolute atomic E-state index is 0.241. The van der Waals surface area contributed by atoms with Crippen molar-refractivity contribution in [2.45, 2.75) is 19.4 Å². The van der Waals surface area contributed by atoms with Crippen molar-refractivity contribution in [3.63, 3.8) is 0 Å². The van der Waals surface area contributed by atoms with Crippen LogP contribution in [-0.2, 0) is 16.0 Å². The molecular weight excluding hydrogens is 216 g/mol. The summed E-state index contributed by atoms with van der Waals surface area (Å²) in [6.07, 6.45) is -0.874. The van der Waals surface area contributed by atoms with Gasteiger partial charge in [-0.05, 0) is 24.1 Å². The first-order valence-corrected chi connectivity index (χ1v) is 4.93. The fourth-order valence-electron chi connectivity index (χ4n) is 1.28. The van der Waals surface area contributed by atoms with Crippen LogP contribution in [0.4, 0.5) is 0 Å². The zero-order valence-electron chi connectivity index (χ0n) is 8.66. The largest absolute Gasteiger partial charge is 0.467 e. The highest BCUT2D eigenvalue weighted by Gasteiger charge is 2.15. The van der Waals surface area contributed by atoms with Gasteiger partial charge in [-0.2, -0.15) is 0 Å². The van der Waals surface area contributed by atoms with E-state index >= 15 is 0 Å². The first kappa shape index (κ1) is 12.0. The van der Waals surface area contributed by atoms with Crippen molar-refractivity contribution in [3.05, 3.63) is 34.3 Å². The van der Waals surface area contributed by atoms with Crippen LogP contribution in [-0.4, -0.2) is 24.3 Å². The second-order valence-corrected chi connectivity index (χ2v) is 3.73. The van der Waals surface area contributed by atoms with Crippen LogP contribution in [0.1, 0.15) is 11.1 Å². The number of esters is 1. The maximum atomic E-state index is 11.0. The average molecular weight is 229 g/mol. The molecule has 1 aromatic carbocycles. The maximum Gasteiger partial charge on any atom is 0.335 e. The summed E-state index contributed by atoms with van der Waals surface area (Å²) >= 11 is 5.85. The minimum Gasteiger partial charge on any atom is -0.467 e. The lowest BCUT2D eigenvalue weighted by molar-refractivity contribution is -0.150. The van der Waals surface area contributed by atoms with Crippen molar-refractivity contribution >= 4 is 17.6 Å². The van der Waals surface area contributed by atoms with Crippen LogP contribution in [0.3, 0.4) is 0 Å². The Labute approximate surface area is 93.6 Å². The van der Waals surface area contributed by atoms with Gasteiger partial charge in [0.25, 0.3) is 0 Å². The van der Waals surface area contributed by atoms with Crippen molar-refractivity contribution in [1.82, 2.24) is 0 Å². The molecule has 0 heterocycles. The molecule has 82 valence electrons. The van der Waals surface area contributed by atoms with Crippen LogP contribution in [0.5, 0.6) is 0 Å². The summed E-state index contributed by atoms with van der Waals surface area (Å²) in [6.45, 7) is 1.87. The molecule has 0 aliphatic rings. The number of aryl methyl sites for hydroxylation is 1. The molecule has 0 saturated carbocycles. The minimum atomic E-state index is -1.12. The third kappa shape index (κ3) is 3.22. The highest BCUT2D eigenvalue weighted by Crippen LogP contribution is 2.17. The van der Waals surface area contributed by atoms with Crippen molar-refractivity contribution in [1.29, 1.82) is 0 Å². The average Bonchev–Trinajstić information content (AvgIpc) is 2.22. The molecule has 0 amide bonds. The summed E-state index contributed by atoms with van der Waals surface area (Å²) in [5.41, 5.74) is 1.78. The SMILES string of the molecule is COC(=O)C(O)Cc1ccc(Cl)c(C)c1. The van der Waals surface area contributed by atoms with E-state index in [1.807, 2.05) is 13.0 Å². The van der Waals surface area contributed by atoms with Crippen LogP contribution >= 0.6 is 11.6 Å². The number of carbonyl (C=O) groups is 1. The zero-order valence-corrected chi connectivity index (χ0v) is 9.41. The smallest absolute Gasteiger partial charge is 0.335 e. The summed E-state index contributed by atoms with van der Waals surface area (Å²) in [4.78, 5) is 11.0. The highest BCUT2D eigenvalue weighted by molar-refractivity contribution is 6.31. The Morgan fingerprint density at radius 3 is 2.80 bits per heavy atom. The normalized spacial score (nSPS) is 12.3. The Bertz CT molecular complexity index is 363. The molecule has 0 spiro atoms. The molecule has 0 aromatic heterocycles. The summed E-state index contributed by atoms with van der Waals surface area (Å²) in [5, 5.41) is 10.1. The first-order valence-electron chi connectivity index (χ1n) is 4.55. The van der Waals surface area contributed by atoms with E-state index < -0.39 is 12.1 Å². The second kappa shape index (κ2) is 5.14. The van der Waals surface area contributed by atoms with Gasteiger partial charge in [0.1, 0.15) is 0 Å². The van der Waals surface area contributed by atoms with Gasteiger partial charge in [-0.15, -0.1) is 0 Å². The number of halogens is 1. The van der Waals surface area contributed by atoms with Crippen molar-refractivity contribution < 1.29 is 14.6 Å². The lowest BCUT2D eigenvalue weighted by Crippen LogP contribution is -2.24. The number of methoxy groups -OCH3 is 1. The molecule has 0 bridgehead atoms. The summed E-state index contributed by atoms with van der Waals surface area (Å²) in [6, 6.07) is 5.37. The molecule has 15 heavy (non-hydrogen) atoms. The van der Waals surface area contributed by atoms with E-state index in [1.54, 1.807) is 12.1 Å². The summed E-state index contributed by atoms with van der Waals surface area (Å²) in [5.74, 6) is -0.623. The Balaban J connectivity index is 2.73. The third-order valence-corrected chi connectivity index (χ3v) is 2.55. The molecule has 1 rings (SSSR count). The Morgan fingerprint density at radius 1 is 1.60 bits per heavy atom. The molecule has 4 heteroatoms. The molecule has 1 unspecified atom stereocenters. The lowest BCUT2D eigenvalue weighted by Gasteiger charge is -2.09. The van der Waals surface area contributed by atoms with Gasteiger partial charge < -0.3 is 9.84 Å². The molecular formula is C11H13ClO3. The van der Waals surface area contributed by atoms with Gasteiger partial charge in [-0.3, -0.25) is 0 Å². The Kier molecular flexibility index (Phi) is 4.12. The van der Waals surface area contributed by atoms with Crippen LogP contribution in [0.15, 0.2) is 18.2 Å². The molecule has 1 atom stereocenters. The predicted molar refractivity (Wildman–Crippen MR) is 57.9 cm³/mol. The van der Waals surface area contributed by atoms with Crippen LogP contribution in [0.25, 0.3) is 0 Å². The van der Waals surface area contributed by atoms with E-state index in [0.717, 1.165) is 11.1 Å². The van der Waals surface area contributed by atoms with Crippen molar-refractivity contribution in [2.75, 3.05) is 7.11 Å². The Morgan fingerprint density at radius 2 is 2.27 bits per heavy atom. The number of carbonyl (C=O) groups excluding carboxylic acids is 1. The number of hydrogen-bond acceptors (Lipinski definition) is 3. The monoisotopic (exact) mass is 228 g/mol. The fraction of sp³-hybridized carbons (Fsp3) is 0.364. The van der Waals surface area contributed by atoms with E-state index in [0.29, 0.717) is 5.02 Å². The van der Waals surface area contributed by atoms with E-state index in [4.69, 9.17) is 11.6 Å². The molecule has 1 N–H and O–H groups in total. The van der Waals surface area contributed by atoms with Crippen LogP contribution in [0.2, 0.25) is 5.02 Å². The second-order valence-electron chi connectivity index (χ2n) is 3.33. The first-order chi connectivity index (χ1) is 7.04. The quantitative estimate of drug-likeness (QED) is 0.802.